The highest BCUT2D eigenvalue weighted by Gasteiger charge is 2.36. The number of rotatable bonds is 4. The van der Waals surface area contributed by atoms with Crippen molar-refractivity contribution in [2.45, 2.75) is 39.2 Å². The van der Waals surface area contributed by atoms with Crippen molar-refractivity contribution in [3.63, 3.8) is 0 Å². The van der Waals surface area contributed by atoms with Gasteiger partial charge in [-0.25, -0.2) is 4.98 Å². The summed E-state index contributed by atoms with van der Waals surface area (Å²) in [5, 5.41) is 0. The molecule has 2 fully saturated rings. The van der Waals surface area contributed by atoms with Gasteiger partial charge in [0.1, 0.15) is 5.82 Å². The molecule has 6 heteroatoms. The molecule has 1 saturated heterocycles. The second kappa shape index (κ2) is 6.79. The maximum atomic E-state index is 12.8. The first-order chi connectivity index (χ1) is 11.5. The number of nitrogens with two attached hydrogens (primary N) is 1. The fraction of sp³-hybridized carbons (Fsp3) is 0.611. The third-order valence-electron chi connectivity index (χ3n) is 4.96. The molecule has 1 aliphatic carbocycles. The maximum Gasteiger partial charge on any atom is 0.254 e. The lowest BCUT2D eigenvalue weighted by molar-refractivity contribution is -0.133. The fourth-order valence-corrected chi connectivity index (χ4v) is 3.31. The van der Waals surface area contributed by atoms with Gasteiger partial charge in [0.15, 0.2) is 0 Å². The van der Waals surface area contributed by atoms with Crippen LogP contribution in [0.15, 0.2) is 18.3 Å². The zero-order chi connectivity index (χ0) is 17.3. The van der Waals surface area contributed by atoms with Crippen molar-refractivity contribution in [2.75, 3.05) is 25.4 Å². The Morgan fingerprint density at radius 1 is 1.42 bits per heavy atom. The highest BCUT2D eigenvalue weighted by atomic mass is 16.2. The van der Waals surface area contributed by atoms with Crippen LogP contribution in [0.4, 0.5) is 5.82 Å². The fourth-order valence-electron chi connectivity index (χ4n) is 3.31. The molecule has 2 aliphatic rings. The van der Waals surface area contributed by atoms with Crippen LogP contribution in [-0.4, -0.2) is 52.3 Å². The number of carbonyl (C=O) groups is 2. The van der Waals surface area contributed by atoms with Crippen LogP contribution in [0.3, 0.4) is 0 Å². The predicted octanol–water partition coefficient (Wildman–Crippen LogP) is 1.77. The third kappa shape index (κ3) is 3.68. The smallest absolute Gasteiger partial charge is 0.254 e. The molecule has 6 nitrogen and oxygen atoms in total. The summed E-state index contributed by atoms with van der Waals surface area (Å²) in [6.07, 6.45) is 4.37. The van der Waals surface area contributed by atoms with Crippen molar-refractivity contribution < 1.29 is 9.59 Å². The molecule has 1 aliphatic heterocycles. The van der Waals surface area contributed by atoms with Crippen LogP contribution < -0.4 is 5.73 Å². The molecule has 0 bridgehead atoms. The van der Waals surface area contributed by atoms with Gasteiger partial charge < -0.3 is 15.5 Å². The van der Waals surface area contributed by atoms with Gasteiger partial charge in [0.2, 0.25) is 5.91 Å². The Labute approximate surface area is 143 Å². The molecule has 0 spiro atoms. The van der Waals surface area contributed by atoms with E-state index in [0.29, 0.717) is 42.7 Å². The first-order valence-corrected chi connectivity index (χ1v) is 8.76. The van der Waals surface area contributed by atoms with E-state index >= 15 is 0 Å². The van der Waals surface area contributed by atoms with E-state index in [4.69, 9.17) is 5.73 Å². The van der Waals surface area contributed by atoms with E-state index in [-0.39, 0.29) is 17.9 Å². The molecular weight excluding hydrogens is 304 g/mol. The minimum absolute atomic E-state index is 0.0729. The summed E-state index contributed by atoms with van der Waals surface area (Å²) in [5.74, 6) is 1.39. The summed E-state index contributed by atoms with van der Waals surface area (Å²) < 4.78 is 0. The van der Waals surface area contributed by atoms with Gasteiger partial charge in [0, 0.05) is 37.8 Å². The summed E-state index contributed by atoms with van der Waals surface area (Å²) in [6, 6.07) is 3.35. The molecule has 1 aromatic rings. The highest BCUT2D eigenvalue weighted by Crippen LogP contribution is 2.32. The van der Waals surface area contributed by atoms with Crippen LogP contribution in [0.25, 0.3) is 0 Å². The van der Waals surface area contributed by atoms with Crippen LogP contribution in [0.5, 0.6) is 0 Å². The van der Waals surface area contributed by atoms with E-state index in [2.05, 4.69) is 18.8 Å². The number of aromatic nitrogens is 1. The number of amides is 2. The molecule has 3 rings (SSSR count). The topological polar surface area (TPSA) is 79.5 Å². The van der Waals surface area contributed by atoms with Crippen molar-refractivity contribution >= 4 is 17.6 Å². The van der Waals surface area contributed by atoms with Gasteiger partial charge in [-0.2, -0.15) is 0 Å². The van der Waals surface area contributed by atoms with Gasteiger partial charge in [0.25, 0.3) is 5.91 Å². The second-order valence-corrected chi connectivity index (χ2v) is 7.27. The Morgan fingerprint density at radius 3 is 2.79 bits per heavy atom. The van der Waals surface area contributed by atoms with Crippen molar-refractivity contribution in [1.82, 2.24) is 14.8 Å². The van der Waals surface area contributed by atoms with Gasteiger partial charge in [-0.15, -0.1) is 0 Å². The van der Waals surface area contributed by atoms with Gasteiger partial charge in [0.05, 0.1) is 6.04 Å². The Kier molecular flexibility index (Phi) is 4.73. The largest absolute Gasteiger partial charge is 0.384 e. The average molecular weight is 330 g/mol. The zero-order valence-electron chi connectivity index (χ0n) is 14.4. The van der Waals surface area contributed by atoms with Gasteiger partial charge in [-0.05, 0) is 36.8 Å². The SMILES string of the molecule is CC(C)[C@@H]1CN(C(=O)c2ccnc(N)c2)CCC(=O)N1CC1CC1. The van der Waals surface area contributed by atoms with Gasteiger partial charge >= 0.3 is 0 Å². The summed E-state index contributed by atoms with van der Waals surface area (Å²) in [5.41, 5.74) is 6.23. The van der Waals surface area contributed by atoms with E-state index in [1.165, 1.54) is 12.8 Å². The van der Waals surface area contributed by atoms with Crippen molar-refractivity contribution in [3.8, 4) is 0 Å². The highest BCUT2D eigenvalue weighted by molar-refractivity contribution is 5.95. The lowest BCUT2D eigenvalue weighted by Gasteiger charge is -2.34. The number of hydrogen-bond donors (Lipinski definition) is 1. The number of carbonyl (C=O) groups excluding carboxylic acids is 2. The molecule has 2 heterocycles. The number of pyridine rings is 1. The first kappa shape index (κ1) is 16.7. The Balaban J connectivity index is 1.79. The van der Waals surface area contributed by atoms with Crippen LogP contribution in [-0.2, 0) is 4.79 Å². The monoisotopic (exact) mass is 330 g/mol. The molecule has 130 valence electrons. The molecule has 0 aromatic carbocycles. The molecule has 2 amide bonds. The van der Waals surface area contributed by atoms with E-state index in [1.54, 1.807) is 23.2 Å². The van der Waals surface area contributed by atoms with Gasteiger partial charge in [-0.1, -0.05) is 13.8 Å². The van der Waals surface area contributed by atoms with Crippen LogP contribution in [0.1, 0.15) is 43.5 Å². The maximum absolute atomic E-state index is 12.8. The van der Waals surface area contributed by atoms with Crippen molar-refractivity contribution in [1.29, 1.82) is 0 Å². The minimum Gasteiger partial charge on any atom is -0.384 e. The third-order valence-corrected chi connectivity index (χ3v) is 4.96. The predicted molar refractivity (Wildman–Crippen MR) is 92.2 cm³/mol. The minimum atomic E-state index is -0.0733. The Hall–Kier alpha value is -2.11. The zero-order valence-corrected chi connectivity index (χ0v) is 14.4. The summed E-state index contributed by atoms with van der Waals surface area (Å²) in [4.78, 5) is 33.2. The van der Waals surface area contributed by atoms with E-state index in [0.717, 1.165) is 6.54 Å². The average Bonchev–Trinajstić information content (AvgIpc) is 3.37. The number of nitrogens with zero attached hydrogens (tertiary/aromatic N) is 3. The lowest BCUT2D eigenvalue weighted by atomic mass is 10.0. The molecule has 24 heavy (non-hydrogen) atoms. The van der Waals surface area contributed by atoms with Crippen LogP contribution in [0, 0.1) is 11.8 Å². The number of nitrogen functional groups attached to an aromatic ring is 1. The van der Waals surface area contributed by atoms with Gasteiger partial charge in [-0.3, -0.25) is 9.59 Å². The summed E-state index contributed by atoms with van der Waals surface area (Å²) in [6.45, 7) is 6.12. The van der Waals surface area contributed by atoms with E-state index in [9.17, 15) is 9.59 Å². The standard InChI is InChI=1S/C18H26N4O2/c1-12(2)15-11-21(18(24)14-5-7-20-16(19)9-14)8-6-17(23)22(15)10-13-3-4-13/h5,7,9,12-13,15H,3-4,6,8,10-11H2,1-2H3,(H2,19,20)/t15-/m0/s1. The molecule has 1 atom stereocenters. The number of anilines is 1. The molecule has 1 aromatic heterocycles. The molecule has 0 unspecified atom stereocenters. The molecular formula is C18H26N4O2. The lowest BCUT2D eigenvalue weighted by Crippen LogP contribution is -2.48. The van der Waals surface area contributed by atoms with E-state index in [1.807, 2.05) is 4.90 Å². The number of hydrogen-bond acceptors (Lipinski definition) is 4. The summed E-state index contributed by atoms with van der Waals surface area (Å²) >= 11 is 0. The first-order valence-electron chi connectivity index (χ1n) is 8.76. The molecule has 2 N–H and O–H groups in total. The van der Waals surface area contributed by atoms with E-state index < -0.39 is 0 Å². The van der Waals surface area contributed by atoms with Crippen molar-refractivity contribution in [2.24, 2.45) is 11.8 Å². The van der Waals surface area contributed by atoms with Crippen LogP contribution >= 0.6 is 0 Å². The molecule has 1 saturated carbocycles. The summed E-state index contributed by atoms with van der Waals surface area (Å²) in [7, 11) is 0. The van der Waals surface area contributed by atoms with Crippen molar-refractivity contribution in [3.05, 3.63) is 23.9 Å². The molecule has 0 radical (unpaired) electrons. The second-order valence-electron chi connectivity index (χ2n) is 7.27. The quantitative estimate of drug-likeness (QED) is 0.912. The Bertz CT molecular complexity index is 627. The Morgan fingerprint density at radius 2 is 2.17 bits per heavy atom. The normalized spacial score (nSPS) is 22.0. The van der Waals surface area contributed by atoms with Crippen LogP contribution in [0.2, 0.25) is 0 Å².